The Hall–Kier alpha value is -3.55. The van der Waals surface area contributed by atoms with Crippen LogP contribution >= 0.6 is 0 Å². The van der Waals surface area contributed by atoms with Gasteiger partial charge in [0.25, 0.3) is 11.6 Å². The van der Waals surface area contributed by atoms with Crippen molar-refractivity contribution >= 4 is 17.3 Å². The molecule has 4 rings (SSSR count). The molecule has 0 fully saturated rings. The Morgan fingerprint density at radius 2 is 2.00 bits per heavy atom. The minimum Gasteiger partial charge on any atom is -0.308 e. The number of nitrogens with zero attached hydrogens (tertiary/aromatic N) is 5. The molecule has 2 aromatic carbocycles. The molecule has 0 N–H and O–H groups in total. The number of carbonyl (C=O) groups excluding carboxylic acids is 1. The Labute approximate surface area is 142 Å². The third kappa shape index (κ3) is 2.53. The van der Waals surface area contributed by atoms with E-state index in [0.717, 1.165) is 17.7 Å². The summed E-state index contributed by atoms with van der Waals surface area (Å²) < 4.78 is 1.30. The molecule has 25 heavy (non-hydrogen) atoms. The number of rotatable bonds is 3. The van der Waals surface area contributed by atoms with Crippen LogP contribution in [-0.4, -0.2) is 32.1 Å². The molecule has 1 aromatic heterocycles. The molecule has 0 unspecified atom stereocenters. The molecular formula is C17H13N5O3. The molecule has 8 nitrogen and oxygen atoms in total. The molecule has 124 valence electrons. The van der Waals surface area contributed by atoms with Gasteiger partial charge in [0, 0.05) is 23.9 Å². The monoisotopic (exact) mass is 335 g/mol. The van der Waals surface area contributed by atoms with E-state index >= 15 is 0 Å². The van der Waals surface area contributed by atoms with Gasteiger partial charge in [0.15, 0.2) is 0 Å². The molecule has 2 heterocycles. The number of fused-ring (bicyclic) bond motifs is 1. The van der Waals surface area contributed by atoms with Crippen molar-refractivity contribution in [1.82, 2.24) is 14.8 Å². The van der Waals surface area contributed by atoms with E-state index in [1.165, 1.54) is 29.5 Å². The fraction of sp³-hybridized carbons (Fsp3) is 0.118. The Kier molecular flexibility index (Phi) is 3.50. The average Bonchev–Trinajstić information content (AvgIpc) is 3.30. The van der Waals surface area contributed by atoms with E-state index in [2.05, 4.69) is 10.1 Å². The molecule has 3 aromatic rings. The van der Waals surface area contributed by atoms with Gasteiger partial charge in [-0.15, -0.1) is 0 Å². The van der Waals surface area contributed by atoms with Gasteiger partial charge in [0.2, 0.25) is 0 Å². The van der Waals surface area contributed by atoms with Gasteiger partial charge in [0.1, 0.15) is 18.3 Å². The molecule has 0 atom stereocenters. The summed E-state index contributed by atoms with van der Waals surface area (Å²) in [5, 5.41) is 15.3. The van der Waals surface area contributed by atoms with Gasteiger partial charge in [-0.2, -0.15) is 5.10 Å². The van der Waals surface area contributed by atoms with Crippen molar-refractivity contribution in [3.8, 4) is 5.69 Å². The van der Waals surface area contributed by atoms with Crippen LogP contribution in [0.5, 0.6) is 0 Å². The van der Waals surface area contributed by atoms with E-state index in [9.17, 15) is 14.9 Å². The number of nitro benzene ring substituents is 1. The van der Waals surface area contributed by atoms with Gasteiger partial charge in [-0.1, -0.05) is 18.2 Å². The molecule has 1 aliphatic rings. The third-order valence-electron chi connectivity index (χ3n) is 4.22. The lowest BCUT2D eigenvalue weighted by Crippen LogP contribution is -2.29. The summed E-state index contributed by atoms with van der Waals surface area (Å²) in [6.07, 6.45) is 3.45. The smallest absolute Gasteiger partial charge is 0.295 e. The normalized spacial score (nSPS) is 12.9. The molecule has 0 bridgehead atoms. The Bertz CT molecular complexity index is 968. The first-order valence-corrected chi connectivity index (χ1v) is 7.68. The predicted octanol–water partition coefficient (Wildman–Crippen LogP) is 2.38. The maximum Gasteiger partial charge on any atom is 0.295 e. The minimum atomic E-state index is -0.522. The number of amides is 1. The van der Waals surface area contributed by atoms with E-state index < -0.39 is 4.92 Å². The second kappa shape index (κ2) is 5.82. The Morgan fingerprint density at radius 1 is 1.16 bits per heavy atom. The van der Waals surface area contributed by atoms with Crippen molar-refractivity contribution < 1.29 is 9.72 Å². The summed E-state index contributed by atoms with van der Waals surface area (Å²) in [5.74, 6) is -0.252. The van der Waals surface area contributed by atoms with Crippen LogP contribution in [0.25, 0.3) is 5.69 Å². The molecule has 1 aliphatic heterocycles. The molecule has 1 amide bonds. The molecule has 8 heteroatoms. The number of nitro groups is 1. The lowest BCUT2D eigenvalue weighted by atomic mass is 10.1. The lowest BCUT2D eigenvalue weighted by Gasteiger charge is -2.17. The van der Waals surface area contributed by atoms with Crippen molar-refractivity contribution in [2.45, 2.75) is 6.42 Å². The van der Waals surface area contributed by atoms with Crippen LogP contribution in [0.2, 0.25) is 0 Å². The van der Waals surface area contributed by atoms with E-state index in [1.807, 2.05) is 24.3 Å². The van der Waals surface area contributed by atoms with E-state index in [4.69, 9.17) is 0 Å². The van der Waals surface area contributed by atoms with Crippen LogP contribution in [0.4, 0.5) is 11.4 Å². The van der Waals surface area contributed by atoms with Crippen LogP contribution < -0.4 is 4.90 Å². The highest BCUT2D eigenvalue weighted by atomic mass is 16.6. The summed E-state index contributed by atoms with van der Waals surface area (Å²) >= 11 is 0. The fourth-order valence-electron chi connectivity index (χ4n) is 3.03. The maximum atomic E-state index is 12.9. The van der Waals surface area contributed by atoms with E-state index in [1.54, 1.807) is 11.0 Å². The van der Waals surface area contributed by atoms with E-state index in [0.29, 0.717) is 6.54 Å². The molecule has 0 saturated heterocycles. The first-order chi connectivity index (χ1) is 12.1. The first kappa shape index (κ1) is 15.0. The highest BCUT2D eigenvalue weighted by Gasteiger charge is 2.27. The average molecular weight is 335 g/mol. The number of anilines is 1. The van der Waals surface area contributed by atoms with Gasteiger partial charge in [-0.3, -0.25) is 14.9 Å². The zero-order valence-electron chi connectivity index (χ0n) is 13.1. The fourth-order valence-corrected chi connectivity index (χ4v) is 3.03. The highest BCUT2D eigenvalue weighted by Crippen LogP contribution is 2.30. The van der Waals surface area contributed by atoms with Gasteiger partial charge in [-0.05, 0) is 30.2 Å². The van der Waals surface area contributed by atoms with Crippen LogP contribution in [-0.2, 0) is 6.42 Å². The minimum absolute atomic E-state index is 0.191. The third-order valence-corrected chi connectivity index (χ3v) is 4.22. The van der Waals surface area contributed by atoms with Crippen LogP contribution in [0, 0.1) is 10.1 Å². The largest absolute Gasteiger partial charge is 0.308 e. The first-order valence-electron chi connectivity index (χ1n) is 7.68. The lowest BCUT2D eigenvalue weighted by molar-refractivity contribution is -0.384. The Balaban J connectivity index is 1.73. The van der Waals surface area contributed by atoms with Crippen LogP contribution in [0.15, 0.2) is 55.1 Å². The van der Waals surface area contributed by atoms with Gasteiger partial charge >= 0.3 is 0 Å². The van der Waals surface area contributed by atoms with Crippen molar-refractivity contribution in [2.75, 3.05) is 11.4 Å². The maximum absolute atomic E-state index is 12.9. The number of carbonyl (C=O) groups is 1. The molecule has 0 saturated carbocycles. The van der Waals surface area contributed by atoms with Crippen molar-refractivity contribution in [1.29, 1.82) is 0 Å². The van der Waals surface area contributed by atoms with Crippen molar-refractivity contribution in [3.63, 3.8) is 0 Å². The van der Waals surface area contributed by atoms with Gasteiger partial charge in [0.05, 0.1) is 4.92 Å². The number of aromatic nitrogens is 3. The second-order valence-electron chi connectivity index (χ2n) is 5.64. The standard InChI is InChI=1S/C17H13N5O3/c23-17(20-8-7-12-3-1-2-4-14(12)20)13-5-6-15(16(9-13)22(24)25)21-11-18-10-19-21/h1-6,9-11H,7-8H2. The summed E-state index contributed by atoms with van der Waals surface area (Å²) in [6, 6.07) is 12.1. The predicted molar refractivity (Wildman–Crippen MR) is 89.8 cm³/mol. The molecule has 0 spiro atoms. The summed E-state index contributed by atoms with van der Waals surface area (Å²) in [7, 11) is 0. The van der Waals surface area contributed by atoms with E-state index in [-0.39, 0.29) is 22.8 Å². The topological polar surface area (TPSA) is 94.2 Å². The van der Waals surface area contributed by atoms with Crippen LogP contribution in [0.3, 0.4) is 0 Å². The van der Waals surface area contributed by atoms with Gasteiger partial charge < -0.3 is 4.90 Å². The summed E-state index contributed by atoms with van der Waals surface area (Å²) in [4.78, 5) is 29.2. The van der Waals surface area contributed by atoms with Crippen molar-refractivity contribution in [3.05, 3.63) is 76.4 Å². The number of benzene rings is 2. The summed E-state index contributed by atoms with van der Waals surface area (Å²) in [5.41, 5.74) is 2.30. The molecule has 0 aliphatic carbocycles. The molecule has 0 radical (unpaired) electrons. The zero-order valence-corrected chi connectivity index (χ0v) is 13.1. The number of para-hydroxylation sites is 1. The zero-order chi connectivity index (χ0) is 17.4. The number of hydrogen-bond donors (Lipinski definition) is 0. The van der Waals surface area contributed by atoms with Crippen molar-refractivity contribution in [2.24, 2.45) is 0 Å². The second-order valence-corrected chi connectivity index (χ2v) is 5.64. The van der Waals surface area contributed by atoms with Crippen LogP contribution in [0.1, 0.15) is 15.9 Å². The Morgan fingerprint density at radius 3 is 2.76 bits per heavy atom. The highest BCUT2D eigenvalue weighted by molar-refractivity contribution is 6.07. The summed E-state index contributed by atoms with van der Waals surface area (Å²) in [6.45, 7) is 0.566. The van der Waals surface area contributed by atoms with Gasteiger partial charge in [-0.25, -0.2) is 9.67 Å². The number of hydrogen-bond acceptors (Lipinski definition) is 5. The molecular weight excluding hydrogens is 322 g/mol. The quantitative estimate of drug-likeness (QED) is 0.541. The SMILES string of the molecule is O=C(c1ccc(-n2cncn2)c([N+](=O)[O-])c1)N1CCc2ccccc21.